The van der Waals surface area contributed by atoms with Crippen LogP contribution in [0.25, 0.3) is 0 Å². The molecule has 0 aliphatic heterocycles. The van der Waals surface area contributed by atoms with E-state index in [1.807, 2.05) is 18.2 Å². The van der Waals surface area contributed by atoms with E-state index in [9.17, 15) is 0 Å². The number of rotatable bonds is 3. The van der Waals surface area contributed by atoms with Gasteiger partial charge in [-0.2, -0.15) is 0 Å². The third kappa shape index (κ3) is 2.96. The lowest BCUT2D eigenvalue weighted by atomic mass is 10.0. The first kappa shape index (κ1) is 12.5. The molecule has 14 heavy (non-hydrogen) atoms. The summed E-state index contributed by atoms with van der Waals surface area (Å²) in [4.78, 5) is 0. The van der Waals surface area contributed by atoms with Crippen molar-refractivity contribution >= 4 is 46.6 Å². The Labute approximate surface area is 104 Å². The van der Waals surface area contributed by atoms with E-state index in [0.717, 1.165) is 5.56 Å². The molecule has 0 aliphatic carbocycles. The maximum absolute atomic E-state index is 5.95. The van der Waals surface area contributed by atoms with Gasteiger partial charge in [-0.1, -0.05) is 29.3 Å². The van der Waals surface area contributed by atoms with Gasteiger partial charge in [-0.05, 0) is 31.5 Å². The summed E-state index contributed by atoms with van der Waals surface area (Å²) in [6, 6.07) is 5.69. The molecule has 0 aromatic heterocycles. The van der Waals surface area contributed by atoms with E-state index in [1.165, 1.54) is 0 Å². The first-order valence-corrected chi connectivity index (χ1v) is 6.40. The van der Waals surface area contributed by atoms with Gasteiger partial charge >= 0.3 is 0 Å². The lowest BCUT2D eigenvalue weighted by Crippen LogP contribution is -2.11. The molecule has 0 atom stereocenters. The van der Waals surface area contributed by atoms with E-state index < -0.39 is 0 Å². The van der Waals surface area contributed by atoms with Gasteiger partial charge < -0.3 is 0 Å². The second-order valence-corrected chi connectivity index (χ2v) is 6.39. The maximum atomic E-state index is 5.95. The molecule has 0 spiro atoms. The molecule has 0 saturated carbocycles. The Hall–Kier alpha value is 0.440. The molecule has 1 aromatic carbocycles. The van der Waals surface area contributed by atoms with Crippen molar-refractivity contribution in [2.24, 2.45) is 0 Å². The normalized spacial score (nSPS) is 11.8. The fourth-order valence-electron chi connectivity index (χ4n) is 1.09. The van der Waals surface area contributed by atoms with Crippen LogP contribution in [0.2, 0.25) is 10.0 Å². The van der Waals surface area contributed by atoms with E-state index in [0.29, 0.717) is 15.3 Å². The molecule has 0 nitrogen and oxygen atoms in total. The van der Waals surface area contributed by atoms with Crippen LogP contribution >= 0.6 is 46.6 Å². The van der Waals surface area contributed by atoms with Gasteiger partial charge in [0.2, 0.25) is 0 Å². The zero-order chi connectivity index (χ0) is 10.8. The van der Waals surface area contributed by atoms with Crippen LogP contribution in [0.4, 0.5) is 0 Å². The van der Waals surface area contributed by atoms with Crippen molar-refractivity contribution in [2.45, 2.75) is 18.6 Å². The summed E-state index contributed by atoms with van der Waals surface area (Å²) in [6.45, 7) is 4.22. The standard InChI is InChI=1S/C10H11Cl3S/c1-10(2,14-6-11)7-3-4-8(12)9(13)5-7/h3-5H,6H2,1-2H3. The molecule has 0 aliphatic rings. The summed E-state index contributed by atoms with van der Waals surface area (Å²) in [7, 11) is 0. The Morgan fingerprint density at radius 1 is 1.21 bits per heavy atom. The van der Waals surface area contributed by atoms with Crippen LogP contribution in [0.3, 0.4) is 0 Å². The number of alkyl halides is 1. The van der Waals surface area contributed by atoms with Gasteiger partial charge in [-0.25, -0.2) is 0 Å². The third-order valence-electron chi connectivity index (χ3n) is 2.03. The zero-order valence-corrected chi connectivity index (χ0v) is 11.1. The van der Waals surface area contributed by atoms with Crippen molar-refractivity contribution < 1.29 is 0 Å². The van der Waals surface area contributed by atoms with Crippen molar-refractivity contribution in [3.8, 4) is 0 Å². The second-order valence-electron chi connectivity index (χ2n) is 3.39. The van der Waals surface area contributed by atoms with Gasteiger partial charge in [0.05, 0.1) is 15.3 Å². The van der Waals surface area contributed by atoms with Crippen LogP contribution in [0.5, 0.6) is 0 Å². The summed E-state index contributed by atoms with van der Waals surface area (Å²) < 4.78 is -0.0318. The number of benzene rings is 1. The highest BCUT2D eigenvalue weighted by Crippen LogP contribution is 2.38. The Morgan fingerprint density at radius 3 is 2.36 bits per heavy atom. The molecule has 0 bridgehead atoms. The molecule has 0 amide bonds. The third-order valence-corrected chi connectivity index (χ3v) is 4.16. The van der Waals surface area contributed by atoms with Crippen LogP contribution in [-0.4, -0.2) is 5.21 Å². The van der Waals surface area contributed by atoms with Crippen LogP contribution in [0, 0.1) is 0 Å². The van der Waals surface area contributed by atoms with E-state index in [1.54, 1.807) is 11.8 Å². The fraction of sp³-hybridized carbons (Fsp3) is 0.400. The minimum atomic E-state index is -0.0318. The highest BCUT2D eigenvalue weighted by molar-refractivity contribution is 8.01. The summed E-state index contributed by atoms with van der Waals surface area (Å²) in [5, 5.41) is 1.74. The van der Waals surface area contributed by atoms with Gasteiger partial charge in [0, 0.05) is 4.75 Å². The molecule has 1 rings (SSSR count). The molecular weight excluding hydrogens is 259 g/mol. The summed E-state index contributed by atoms with van der Waals surface area (Å²) in [6.07, 6.45) is 0. The number of hydrogen-bond donors (Lipinski definition) is 0. The first-order chi connectivity index (χ1) is 6.47. The monoisotopic (exact) mass is 268 g/mol. The number of hydrogen-bond acceptors (Lipinski definition) is 1. The summed E-state index contributed by atoms with van der Waals surface area (Å²) in [5.74, 6) is 0. The average molecular weight is 270 g/mol. The molecular formula is C10H11Cl3S. The highest BCUT2D eigenvalue weighted by Gasteiger charge is 2.21. The minimum absolute atomic E-state index is 0.0318. The van der Waals surface area contributed by atoms with Crippen LogP contribution in [-0.2, 0) is 4.75 Å². The quantitative estimate of drug-likeness (QED) is 0.683. The molecule has 4 heteroatoms. The first-order valence-electron chi connectivity index (χ1n) is 4.13. The van der Waals surface area contributed by atoms with E-state index in [4.69, 9.17) is 34.8 Å². The van der Waals surface area contributed by atoms with E-state index in [-0.39, 0.29) is 4.75 Å². The smallest absolute Gasteiger partial charge is 0.0689 e. The van der Waals surface area contributed by atoms with Crippen LogP contribution in [0.1, 0.15) is 19.4 Å². The fourth-order valence-corrected chi connectivity index (χ4v) is 2.77. The molecule has 0 fully saturated rings. The molecule has 0 N–H and O–H groups in total. The van der Waals surface area contributed by atoms with Crippen molar-refractivity contribution in [2.75, 3.05) is 5.21 Å². The van der Waals surface area contributed by atoms with Crippen molar-refractivity contribution in [3.05, 3.63) is 33.8 Å². The molecule has 78 valence electrons. The van der Waals surface area contributed by atoms with Gasteiger partial charge in [0.25, 0.3) is 0 Å². The van der Waals surface area contributed by atoms with Crippen molar-refractivity contribution in [1.82, 2.24) is 0 Å². The van der Waals surface area contributed by atoms with Crippen molar-refractivity contribution in [1.29, 1.82) is 0 Å². The lowest BCUT2D eigenvalue weighted by molar-refractivity contribution is 0.785. The predicted molar refractivity (Wildman–Crippen MR) is 67.8 cm³/mol. The van der Waals surface area contributed by atoms with Gasteiger partial charge in [-0.3, -0.25) is 0 Å². The van der Waals surface area contributed by atoms with E-state index in [2.05, 4.69) is 13.8 Å². The topological polar surface area (TPSA) is 0 Å². The Balaban J connectivity index is 3.01. The van der Waals surface area contributed by atoms with E-state index >= 15 is 0 Å². The molecule has 0 heterocycles. The maximum Gasteiger partial charge on any atom is 0.0689 e. The Kier molecular flexibility index (Phi) is 4.45. The lowest BCUT2D eigenvalue weighted by Gasteiger charge is -2.23. The Morgan fingerprint density at radius 2 is 1.86 bits per heavy atom. The van der Waals surface area contributed by atoms with Gasteiger partial charge in [-0.15, -0.1) is 23.4 Å². The van der Waals surface area contributed by atoms with Gasteiger partial charge in [0.15, 0.2) is 0 Å². The molecule has 0 radical (unpaired) electrons. The average Bonchev–Trinajstić information content (AvgIpc) is 2.09. The Bertz CT molecular complexity index is 323. The predicted octanol–water partition coefficient (Wildman–Crippen LogP) is 5.16. The number of thioether (sulfide) groups is 1. The SMILES string of the molecule is CC(C)(SCCl)c1ccc(Cl)c(Cl)c1. The minimum Gasteiger partial charge on any atom is -0.135 e. The van der Waals surface area contributed by atoms with Crippen LogP contribution < -0.4 is 0 Å². The summed E-state index contributed by atoms with van der Waals surface area (Å²) in [5.41, 5.74) is 1.14. The summed E-state index contributed by atoms with van der Waals surface area (Å²) >= 11 is 19.2. The van der Waals surface area contributed by atoms with Crippen LogP contribution in [0.15, 0.2) is 18.2 Å². The second kappa shape index (κ2) is 4.98. The highest BCUT2D eigenvalue weighted by atomic mass is 35.5. The van der Waals surface area contributed by atoms with Crippen molar-refractivity contribution in [3.63, 3.8) is 0 Å². The molecule has 0 saturated heterocycles. The zero-order valence-electron chi connectivity index (χ0n) is 7.98. The largest absolute Gasteiger partial charge is 0.135 e. The molecule has 0 unspecified atom stereocenters. The van der Waals surface area contributed by atoms with Gasteiger partial charge in [0.1, 0.15) is 0 Å². The molecule has 1 aromatic rings. The number of halogens is 3.